The van der Waals surface area contributed by atoms with Crippen LogP contribution in [0.15, 0.2) is 108 Å². The highest BCUT2D eigenvalue weighted by Gasteiger charge is 2.29. The van der Waals surface area contributed by atoms with Crippen LogP contribution in [0.25, 0.3) is 28.0 Å². The van der Waals surface area contributed by atoms with Gasteiger partial charge in [0.15, 0.2) is 0 Å². The van der Waals surface area contributed by atoms with Crippen LogP contribution in [0.3, 0.4) is 0 Å². The number of hydrogen-bond donors (Lipinski definition) is 0. The zero-order chi connectivity index (χ0) is 27.5. The molecule has 1 fully saturated rings. The first-order valence-corrected chi connectivity index (χ1v) is 15.0. The van der Waals surface area contributed by atoms with Gasteiger partial charge in [-0.3, -0.25) is 4.90 Å². The van der Waals surface area contributed by atoms with Crippen molar-refractivity contribution in [2.24, 2.45) is 0 Å². The Balaban J connectivity index is 1.31. The van der Waals surface area contributed by atoms with E-state index in [4.69, 9.17) is 9.72 Å². The maximum absolute atomic E-state index is 13.1. The largest absolute Gasteiger partial charge is 0.494 e. The lowest BCUT2D eigenvalue weighted by molar-refractivity contribution is 0.180. The Morgan fingerprint density at radius 1 is 0.775 bits per heavy atom. The Hall–Kier alpha value is -3.98. The van der Waals surface area contributed by atoms with E-state index in [9.17, 15) is 8.42 Å². The monoisotopic (exact) mass is 552 g/mol. The molecule has 0 N–H and O–H groups in total. The number of rotatable bonds is 8. The minimum atomic E-state index is -3.50. The molecule has 0 atom stereocenters. The van der Waals surface area contributed by atoms with Crippen LogP contribution >= 0.6 is 0 Å². The van der Waals surface area contributed by atoms with E-state index < -0.39 is 10.0 Å². The fourth-order valence-electron chi connectivity index (χ4n) is 5.26. The minimum Gasteiger partial charge on any atom is -0.494 e. The van der Waals surface area contributed by atoms with E-state index >= 15 is 0 Å². The van der Waals surface area contributed by atoms with Gasteiger partial charge in [0.25, 0.3) is 0 Å². The summed E-state index contributed by atoms with van der Waals surface area (Å²) in [6, 6.07) is 31.2. The summed E-state index contributed by atoms with van der Waals surface area (Å²) >= 11 is 0. The van der Waals surface area contributed by atoms with Crippen molar-refractivity contribution in [2.45, 2.75) is 18.4 Å². The van der Waals surface area contributed by atoms with E-state index in [0.29, 0.717) is 44.2 Å². The number of sulfonamides is 1. The summed E-state index contributed by atoms with van der Waals surface area (Å²) in [4.78, 5) is 7.69. The Morgan fingerprint density at radius 2 is 1.48 bits per heavy atom. The average Bonchev–Trinajstić information content (AvgIpc) is 3.36. The smallest absolute Gasteiger partial charge is 0.243 e. The molecule has 2 aromatic heterocycles. The second-order valence-corrected chi connectivity index (χ2v) is 11.8. The molecule has 0 saturated carbocycles. The van der Waals surface area contributed by atoms with Crippen molar-refractivity contribution in [1.29, 1.82) is 0 Å². The first kappa shape index (κ1) is 26.3. The van der Waals surface area contributed by atoms with E-state index in [2.05, 4.69) is 51.9 Å². The van der Waals surface area contributed by atoms with Crippen molar-refractivity contribution in [3.05, 3.63) is 109 Å². The topological polar surface area (TPSA) is 67.2 Å². The highest BCUT2D eigenvalue weighted by atomic mass is 32.2. The highest BCUT2D eigenvalue weighted by molar-refractivity contribution is 7.89. The molecule has 6 rings (SSSR count). The van der Waals surface area contributed by atoms with Crippen molar-refractivity contribution >= 4 is 15.7 Å². The Labute approximate surface area is 235 Å². The van der Waals surface area contributed by atoms with E-state index in [0.717, 1.165) is 39.5 Å². The van der Waals surface area contributed by atoms with E-state index in [1.54, 1.807) is 28.6 Å². The second-order valence-electron chi connectivity index (χ2n) is 9.87. The standard InChI is InChI=1S/C32H32N4O3S/c1-2-39-28-13-9-12-26(22-28)27-16-17-31-33-32(25-10-5-3-6-11-25)30(36(31)23-27)24-34-18-20-35(21-19-34)40(37,38)29-14-7-4-8-15-29/h3-17,22-23H,2,18-21,24H2,1H3. The SMILES string of the molecule is CCOc1cccc(-c2ccc3nc(-c4ccccc4)c(CN4CCN(S(=O)(=O)c5ccccc5)CC4)n3c2)c1. The van der Waals surface area contributed by atoms with Gasteiger partial charge in [-0.15, -0.1) is 0 Å². The van der Waals surface area contributed by atoms with Crippen LogP contribution in [0.1, 0.15) is 12.6 Å². The predicted octanol–water partition coefficient (Wildman–Crippen LogP) is 5.57. The lowest BCUT2D eigenvalue weighted by Gasteiger charge is -2.34. The molecule has 1 saturated heterocycles. The molecular weight excluding hydrogens is 520 g/mol. The molecule has 8 heteroatoms. The summed E-state index contributed by atoms with van der Waals surface area (Å²) in [5.74, 6) is 0.847. The number of hydrogen-bond acceptors (Lipinski definition) is 5. The van der Waals surface area contributed by atoms with Crippen LogP contribution in [0.4, 0.5) is 0 Å². The first-order valence-electron chi connectivity index (χ1n) is 13.6. The lowest BCUT2D eigenvalue weighted by atomic mass is 10.1. The van der Waals surface area contributed by atoms with Gasteiger partial charge in [0.05, 0.1) is 22.9 Å². The third-order valence-electron chi connectivity index (χ3n) is 7.33. The van der Waals surface area contributed by atoms with Crippen molar-refractivity contribution in [2.75, 3.05) is 32.8 Å². The van der Waals surface area contributed by atoms with Crippen molar-refractivity contribution in [3.63, 3.8) is 0 Å². The number of pyridine rings is 1. The Morgan fingerprint density at radius 3 is 2.20 bits per heavy atom. The predicted molar refractivity (Wildman–Crippen MR) is 158 cm³/mol. The molecule has 0 radical (unpaired) electrons. The van der Waals surface area contributed by atoms with Gasteiger partial charge in [0.2, 0.25) is 10.0 Å². The van der Waals surface area contributed by atoms with Crippen molar-refractivity contribution in [3.8, 4) is 28.1 Å². The van der Waals surface area contributed by atoms with E-state index in [1.165, 1.54) is 0 Å². The van der Waals surface area contributed by atoms with Crippen LogP contribution in [0, 0.1) is 0 Å². The molecule has 0 bridgehead atoms. The number of aromatic nitrogens is 2. The molecule has 204 valence electrons. The minimum absolute atomic E-state index is 0.345. The molecule has 0 amide bonds. The summed E-state index contributed by atoms with van der Waals surface area (Å²) in [5.41, 5.74) is 6.12. The maximum Gasteiger partial charge on any atom is 0.243 e. The normalized spacial score (nSPS) is 14.9. The van der Waals surface area contributed by atoms with Gasteiger partial charge in [-0.25, -0.2) is 13.4 Å². The number of fused-ring (bicyclic) bond motifs is 1. The number of ether oxygens (including phenoxy) is 1. The van der Waals surface area contributed by atoms with Crippen LogP contribution in [-0.4, -0.2) is 59.8 Å². The van der Waals surface area contributed by atoms with Crippen LogP contribution in [-0.2, 0) is 16.6 Å². The zero-order valence-corrected chi connectivity index (χ0v) is 23.3. The van der Waals surface area contributed by atoms with Crippen LogP contribution < -0.4 is 4.74 Å². The van der Waals surface area contributed by atoms with Gasteiger partial charge < -0.3 is 9.14 Å². The number of piperazine rings is 1. The van der Waals surface area contributed by atoms with Crippen LogP contribution in [0.2, 0.25) is 0 Å². The van der Waals surface area contributed by atoms with Gasteiger partial charge >= 0.3 is 0 Å². The fraction of sp³-hybridized carbons (Fsp3) is 0.219. The Kier molecular flexibility index (Phi) is 7.38. The molecule has 3 aromatic carbocycles. The Bertz CT molecular complexity index is 1710. The molecule has 40 heavy (non-hydrogen) atoms. The van der Waals surface area contributed by atoms with Crippen LogP contribution in [0.5, 0.6) is 5.75 Å². The zero-order valence-electron chi connectivity index (χ0n) is 22.5. The maximum atomic E-state index is 13.1. The summed E-state index contributed by atoms with van der Waals surface area (Å²) in [6.45, 7) is 5.45. The van der Waals surface area contributed by atoms with E-state index in [1.807, 2.05) is 43.3 Å². The van der Waals surface area contributed by atoms with Gasteiger partial charge in [0, 0.05) is 44.5 Å². The first-order chi connectivity index (χ1) is 19.5. The fourth-order valence-corrected chi connectivity index (χ4v) is 6.70. The summed E-state index contributed by atoms with van der Waals surface area (Å²) < 4.78 is 35.8. The average molecular weight is 553 g/mol. The molecular formula is C32H32N4O3S. The van der Waals surface area contributed by atoms with Gasteiger partial charge in [-0.05, 0) is 54.4 Å². The highest BCUT2D eigenvalue weighted by Crippen LogP contribution is 2.30. The number of benzene rings is 3. The molecule has 0 spiro atoms. The van der Waals surface area contributed by atoms with Gasteiger partial charge in [-0.2, -0.15) is 4.31 Å². The third-order valence-corrected chi connectivity index (χ3v) is 9.24. The number of imidazole rings is 1. The molecule has 7 nitrogen and oxygen atoms in total. The molecule has 5 aromatic rings. The van der Waals surface area contributed by atoms with E-state index in [-0.39, 0.29) is 0 Å². The summed E-state index contributed by atoms with van der Waals surface area (Å²) in [6.07, 6.45) is 2.14. The molecule has 1 aliphatic rings. The van der Waals surface area contributed by atoms with Crippen molar-refractivity contribution in [1.82, 2.24) is 18.6 Å². The number of nitrogens with zero attached hydrogens (tertiary/aromatic N) is 4. The third kappa shape index (κ3) is 5.25. The summed E-state index contributed by atoms with van der Waals surface area (Å²) in [7, 11) is -3.50. The molecule has 1 aliphatic heterocycles. The lowest BCUT2D eigenvalue weighted by Crippen LogP contribution is -2.48. The van der Waals surface area contributed by atoms with Gasteiger partial charge in [0.1, 0.15) is 11.4 Å². The molecule has 0 unspecified atom stereocenters. The second kappa shape index (κ2) is 11.3. The molecule has 3 heterocycles. The van der Waals surface area contributed by atoms with Crippen molar-refractivity contribution < 1.29 is 13.2 Å². The van der Waals surface area contributed by atoms with Gasteiger partial charge in [-0.1, -0.05) is 60.7 Å². The molecule has 0 aliphatic carbocycles. The quantitative estimate of drug-likeness (QED) is 0.252. The summed E-state index contributed by atoms with van der Waals surface area (Å²) in [5, 5.41) is 0.